The van der Waals surface area contributed by atoms with Gasteiger partial charge in [-0.05, 0) is 31.6 Å². The van der Waals surface area contributed by atoms with Gasteiger partial charge in [0.1, 0.15) is 0 Å². The van der Waals surface area contributed by atoms with Crippen LogP contribution in [0.3, 0.4) is 0 Å². The van der Waals surface area contributed by atoms with E-state index >= 15 is 0 Å². The molecular formula is C17H31NO3. The van der Waals surface area contributed by atoms with Gasteiger partial charge in [-0.1, -0.05) is 40.5 Å². The zero-order chi connectivity index (χ0) is 16.0. The minimum atomic E-state index is -0.804. The maximum absolute atomic E-state index is 13.0. The Hall–Kier alpha value is -1.06. The molecule has 1 aliphatic carbocycles. The number of rotatable bonds is 7. The third kappa shape index (κ3) is 4.72. The van der Waals surface area contributed by atoms with Crippen LogP contribution < -0.4 is 0 Å². The summed E-state index contributed by atoms with van der Waals surface area (Å²) in [6, 6.07) is 0.233. The SMILES string of the molecule is CCC(CC)N(CC(C)C)C(=O)[C@@H]1CCCC[C@@H]1C(=O)O. The molecule has 1 amide bonds. The maximum atomic E-state index is 13.0. The van der Waals surface area contributed by atoms with Crippen LogP contribution in [0.15, 0.2) is 0 Å². The van der Waals surface area contributed by atoms with Gasteiger partial charge < -0.3 is 10.0 Å². The van der Waals surface area contributed by atoms with Crippen LogP contribution >= 0.6 is 0 Å². The fourth-order valence-electron chi connectivity index (χ4n) is 3.48. The zero-order valence-corrected chi connectivity index (χ0v) is 14.0. The van der Waals surface area contributed by atoms with Crippen molar-refractivity contribution in [3.8, 4) is 0 Å². The van der Waals surface area contributed by atoms with Gasteiger partial charge in [-0.15, -0.1) is 0 Å². The number of hydrogen-bond acceptors (Lipinski definition) is 2. The number of nitrogens with zero attached hydrogens (tertiary/aromatic N) is 1. The molecule has 0 aliphatic heterocycles. The van der Waals surface area contributed by atoms with E-state index in [4.69, 9.17) is 0 Å². The number of carbonyl (C=O) groups is 2. The van der Waals surface area contributed by atoms with Gasteiger partial charge in [0, 0.05) is 12.6 Å². The van der Waals surface area contributed by atoms with Crippen molar-refractivity contribution in [1.29, 1.82) is 0 Å². The molecule has 1 saturated carbocycles. The Bertz CT molecular complexity index is 350. The summed E-state index contributed by atoms with van der Waals surface area (Å²) < 4.78 is 0. The summed E-state index contributed by atoms with van der Waals surface area (Å²) in [4.78, 5) is 26.4. The zero-order valence-electron chi connectivity index (χ0n) is 14.0. The Morgan fingerprint density at radius 1 is 1.10 bits per heavy atom. The first-order valence-corrected chi connectivity index (χ1v) is 8.45. The number of carboxylic acids is 1. The second-order valence-electron chi connectivity index (χ2n) is 6.69. The molecule has 0 aromatic rings. The molecule has 0 unspecified atom stereocenters. The summed E-state index contributed by atoms with van der Waals surface area (Å²) >= 11 is 0. The Kier molecular flexibility index (Phi) is 7.20. The lowest BCUT2D eigenvalue weighted by Gasteiger charge is -2.37. The van der Waals surface area contributed by atoms with Crippen LogP contribution in [0.4, 0.5) is 0 Å². The predicted octanol–water partition coefficient (Wildman–Crippen LogP) is 3.55. The highest BCUT2D eigenvalue weighted by atomic mass is 16.4. The van der Waals surface area contributed by atoms with Gasteiger partial charge in [0.2, 0.25) is 5.91 Å². The fourth-order valence-corrected chi connectivity index (χ4v) is 3.48. The molecule has 4 nitrogen and oxygen atoms in total. The minimum absolute atomic E-state index is 0.0736. The Morgan fingerprint density at radius 3 is 2.05 bits per heavy atom. The Balaban J connectivity index is 2.93. The summed E-state index contributed by atoms with van der Waals surface area (Å²) in [5, 5.41) is 9.40. The van der Waals surface area contributed by atoms with Gasteiger partial charge in [0.15, 0.2) is 0 Å². The van der Waals surface area contributed by atoms with E-state index in [0.29, 0.717) is 12.3 Å². The first-order valence-electron chi connectivity index (χ1n) is 8.45. The smallest absolute Gasteiger partial charge is 0.307 e. The number of aliphatic carboxylic acids is 1. The van der Waals surface area contributed by atoms with E-state index in [9.17, 15) is 14.7 Å². The lowest BCUT2D eigenvalue weighted by Crippen LogP contribution is -2.48. The van der Waals surface area contributed by atoms with E-state index in [-0.39, 0.29) is 17.9 Å². The van der Waals surface area contributed by atoms with E-state index in [0.717, 1.165) is 38.6 Å². The van der Waals surface area contributed by atoms with Crippen molar-refractivity contribution < 1.29 is 14.7 Å². The van der Waals surface area contributed by atoms with Crippen LogP contribution in [0.25, 0.3) is 0 Å². The van der Waals surface area contributed by atoms with E-state index in [1.807, 2.05) is 4.90 Å². The molecule has 2 atom stereocenters. The van der Waals surface area contributed by atoms with Crippen LogP contribution in [0.2, 0.25) is 0 Å². The molecule has 0 saturated heterocycles. The summed E-state index contributed by atoms with van der Waals surface area (Å²) in [6.45, 7) is 9.15. The quantitative estimate of drug-likeness (QED) is 0.782. The average molecular weight is 297 g/mol. The summed E-state index contributed by atoms with van der Waals surface area (Å²) in [5.74, 6) is -1.14. The van der Waals surface area contributed by atoms with Crippen molar-refractivity contribution in [3.05, 3.63) is 0 Å². The fraction of sp³-hybridized carbons (Fsp3) is 0.882. The number of carboxylic acid groups (broad SMARTS) is 1. The number of carbonyl (C=O) groups excluding carboxylic acids is 1. The second-order valence-corrected chi connectivity index (χ2v) is 6.69. The lowest BCUT2D eigenvalue weighted by atomic mass is 9.78. The topological polar surface area (TPSA) is 57.6 Å². The standard InChI is InChI=1S/C17H31NO3/c1-5-13(6-2)18(11-12(3)4)16(19)14-9-7-8-10-15(14)17(20)21/h12-15H,5-11H2,1-4H3,(H,20,21)/t14-,15+/m1/s1. The van der Waals surface area contributed by atoms with E-state index in [1.165, 1.54) is 0 Å². The van der Waals surface area contributed by atoms with Gasteiger partial charge in [0.25, 0.3) is 0 Å². The number of amides is 1. The second kappa shape index (κ2) is 8.40. The van der Waals surface area contributed by atoms with Crippen molar-refractivity contribution in [2.75, 3.05) is 6.54 Å². The highest BCUT2D eigenvalue weighted by Crippen LogP contribution is 2.33. The Morgan fingerprint density at radius 2 is 1.62 bits per heavy atom. The van der Waals surface area contributed by atoms with Crippen molar-refractivity contribution in [1.82, 2.24) is 4.90 Å². The monoisotopic (exact) mass is 297 g/mol. The molecule has 0 aromatic carbocycles. The highest BCUT2D eigenvalue weighted by molar-refractivity contribution is 5.85. The molecule has 0 aromatic heterocycles. The summed E-state index contributed by atoms with van der Waals surface area (Å²) in [7, 11) is 0. The van der Waals surface area contributed by atoms with E-state index in [1.54, 1.807) is 0 Å². The molecule has 1 rings (SSSR count). The first kappa shape index (κ1) is 18.0. The van der Waals surface area contributed by atoms with Gasteiger partial charge in [-0.3, -0.25) is 9.59 Å². The van der Waals surface area contributed by atoms with E-state index in [2.05, 4.69) is 27.7 Å². The molecule has 4 heteroatoms. The largest absolute Gasteiger partial charge is 0.481 e. The predicted molar refractivity (Wildman–Crippen MR) is 84.0 cm³/mol. The molecule has 0 spiro atoms. The molecule has 1 fully saturated rings. The third-order valence-electron chi connectivity index (χ3n) is 4.63. The lowest BCUT2D eigenvalue weighted by molar-refractivity contribution is -0.153. The van der Waals surface area contributed by atoms with Gasteiger partial charge in [0.05, 0.1) is 11.8 Å². The van der Waals surface area contributed by atoms with Gasteiger partial charge in [-0.2, -0.15) is 0 Å². The van der Waals surface area contributed by atoms with Crippen LogP contribution in [0, 0.1) is 17.8 Å². The molecule has 0 heterocycles. The first-order chi connectivity index (χ1) is 9.92. The van der Waals surface area contributed by atoms with Crippen LogP contribution in [-0.4, -0.2) is 34.5 Å². The average Bonchev–Trinajstić information content (AvgIpc) is 2.46. The molecule has 122 valence electrons. The van der Waals surface area contributed by atoms with Crippen molar-refractivity contribution in [2.45, 2.75) is 72.3 Å². The highest BCUT2D eigenvalue weighted by Gasteiger charge is 2.39. The minimum Gasteiger partial charge on any atom is -0.481 e. The molecule has 1 N–H and O–H groups in total. The molecule has 0 bridgehead atoms. The summed E-state index contributed by atoms with van der Waals surface area (Å²) in [5.41, 5.74) is 0. The maximum Gasteiger partial charge on any atom is 0.307 e. The van der Waals surface area contributed by atoms with E-state index < -0.39 is 11.9 Å². The molecular weight excluding hydrogens is 266 g/mol. The summed E-state index contributed by atoms with van der Waals surface area (Å²) in [6.07, 6.45) is 5.13. The van der Waals surface area contributed by atoms with Gasteiger partial charge in [-0.25, -0.2) is 0 Å². The molecule has 1 aliphatic rings. The van der Waals surface area contributed by atoms with Crippen molar-refractivity contribution in [2.24, 2.45) is 17.8 Å². The normalized spacial score (nSPS) is 22.6. The molecule has 21 heavy (non-hydrogen) atoms. The third-order valence-corrected chi connectivity index (χ3v) is 4.63. The molecule has 0 radical (unpaired) electrons. The van der Waals surface area contributed by atoms with Crippen LogP contribution in [0.5, 0.6) is 0 Å². The van der Waals surface area contributed by atoms with Crippen LogP contribution in [0.1, 0.15) is 66.2 Å². The van der Waals surface area contributed by atoms with Crippen molar-refractivity contribution in [3.63, 3.8) is 0 Å². The van der Waals surface area contributed by atoms with Crippen LogP contribution in [-0.2, 0) is 9.59 Å². The van der Waals surface area contributed by atoms with Crippen molar-refractivity contribution >= 4 is 11.9 Å². The van der Waals surface area contributed by atoms with Gasteiger partial charge >= 0.3 is 5.97 Å². The number of hydrogen-bond donors (Lipinski definition) is 1. The Labute approximate surface area is 128 Å².